The Balaban J connectivity index is 1.94. The lowest BCUT2D eigenvalue weighted by molar-refractivity contribution is 0.0812. The summed E-state index contributed by atoms with van der Waals surface area (Å²) >= 11 is 3.46. The zero-order chi connectivity index (χ0) is 15.6. The first-order valence-corrected chi connectivity index (χ1v) is 8.39. The molecule has 0 atom stereocenters. The lowest BCUT2D eigenvalue weighted by Crippen LogP contribution is -2.50. The zero-order valence-electron chi connectivity index (χ0n) is 13.4. The van der Waals surface area contributed by atoms with Crippen LogP contribution in [0.4, 0.5) is 0 Å². The van der Waals surface area contributed by atoms with Crippen molar-refractivity contribution in [1.29, 1.82) is 0 Å². The first-order valence-electron chi connectivity index (χ1n) is 7.59. The van der Waals surface area contributed by atoms with Crippen LogP contribution in [0.2, 0.25) is 0 Å². The highest BCUT2D eigenvalue weighted by atomic mass is 79.9. The molecule has 1 amide bonds. The smallest absolute Gasteiger partial charge is 0.252 e. The van der Waals surface area contributed by atoms with Crippen LogP contribution >= 0.6 is 15.9 Å². The number of piperidine rings is 1. The van der Waals surface area contributed by atoms with Crippen molar-refractivity contribution in [2.45, 2.75) is 52.1 Å². The van der Waals surface area contributed by atoms with Gasteiger partial charge < -0.3 is 5.32 Å². The molecular weight excluding hydrogens is 328 g/mol. The van der Waals surface area contributed by atoms with Crippen LogP contribution in [0.25, 0.3) is 0 Å². The van der Waals surface area contributed by atoms with Gasteiger partial charge >= 0.3 is 0 Å². The number of benzene rings is 1. The molecular formula is C17H25BrN2O. The molecule has 0 spiro atoms. The fourth-order valence-electron chi connectivity index (χ4n) is 2.77. The maximum absolute atomic E-state index is 12.4. The highest BCUT2D eigenvalue weighted by molar-refractivity contribution is 9.10. The Morgan fingerprint density at radius 1 is 1.29 bits per heavy atom. The molecule has 0 saturated carbocycles. The van der Waals surface area contributed by atoms with Crippen molar-refractivity contribution in [3.8, 4) is 0 Å². The number of carbonyl (C=O) groups is 1. The third-order valence-electron chi connectivity index (χ3n) is 4.15. The second kappa shape index (κ2) is 6.49. The van der Waals surface area contributed by atoms with Gasteiger partial charge in [-0.3, -0.25) is 9.69 Å². The SMILES string of the molecule is Cc1ccc(Br)c(C(=O)NC2CCN(C(C)(C)C)CC2)c1. The molecule has 2 rings (SSSR count). The van der Waals surface area contributed by atoms with Crippen LogP contribution in [0.3, 0.4) is 0 Å². The predicted molar refractivity (Wildman–Crippen MR) is 90.7 cm³/mol. The van der Waals surface area contributed by atoms with Crippen LogP contribution < -0.4 is 5.32 Å². The monoisotopic (exact) mass is 352 g/mol. The van der Waals surface area contributed by atoms with Crippen molar-refractivity contribution in [2.24, 2.45) is 0 Å². The van der Waals surface area contributed by atoms with Gasteiger partial charge in [-0.05, 0) is 68.6 Å². The molecule has 1 aromatic rings. The van der Waals surface area contributed by atoms with Crippen molar-refractivity contribution in [1.82, 2.24) is 10.2 Å². The van der Waals surface area contributed by atoms with Gasteiger partial charge in [0.15, 0.2) is 0 Å². The van der Waals surface area contributed by atoms with Crippen LogP contribution in [-0.4, -0.2) is 35.5 Å². The Bertz CT molecular complexity index is 514. The van der Waals surface area contributed by atoms with Gasteiger partial charge in [-0.25, -0.2) is 0 Å². The van der Waals surface area contributed by atoms with E-state index < -0.39 is 0 Å². The summed E-state index contributed by atoms with van der Waals surface area (Å²) in [5.74, 6) is 0.0276. The molecule has 0 aliphatic carbocycles. The van der Waals surface area contributed by atoms with Crippen molar-refractivity contribution in [3.05, 3.63) is 33.8 Å². The standard InChI is InChI=1S/C17H25BrN2O/c1-12-5-6-15(18)14(11-12)16(21)19-13-7-9-20(10-8-13)17(2,3)4/h5-6,11,13H,7-10H2,1-4H3,(H,19,21). The van der Waals surface area contributed by atoms with Crippen LogP contribution in [0.15, 0.2) is 22.7 Å². The van der Waals surface area contributed by atoms with Crippen molar-refractivity contribution >= 4 is 21.8 Å². The molecule has 0 radical (unpaired) electrons. The largest absolute Gasteiger partial charge is 0.349 e. The van der Waals surface area contributed by atoms with E-state index >= 15 is 0 Å². The van der Waals surface area contributed by atoms with E-state index in [1.807, 2.05) is 25.1 Å². The van der Waals surface area contributed by atoms with E-state index in [1.54, 1.807) is 0 Å². The number of hydrogen-bond donors (Lipinski definition) is 1. The second-order valence-corrected chi connectivity index (χ2v) is 7.74. The lowest BCUT2D eigenvalue weighted by atomic mass is 9.98. The Kier molecular flexibility index (Phi) is 5.10. The predicted octanol–water partition coefficient (Wildman–Crippen LogP) is 3.75. The quantitative estimate of drug-likeness (QED) is 0.878. The summed E-state index contributed by atoms with van der Waals surface area (Å²) in [7, 11) is 0. The maximum atomic E-state index is 12.4. The molecule has 1 fully saturated rings. The van der Waals surface area contributed by atoms with Gasteiger partial charge in [-0.2, -0.15) is 0 Å². The molecule has 0 bridgehead atoms. The summed E-state index contributed by atoms with van der Waals surface area (Å²) in [6.07, 6.45) is 2.04. The summed E-state index contributed by atoms with van der Waals surface area (Å²) in [6.45, 7) is 10.8. The van der Waals surface area contributed by atoms with E-state index in [1.165, 1.54) is 0 Å². The van der Waals surface area contributed by atoms with Crippen LogP contribution in [0, 0.1) is 6.92 Å². The number of carbonyl (C=O) groups excluding carboxylic acids is 1. The summed E-state index contributed by atoms with van der Waals surface area (Å²) in [4.78, 5) is 14.9. The Morgan fingerprint density at radius 3 is 2.48 bits per heavy atom. The topological polar surface area (TPSA) is 32.3 Å². The Morgan fingerprint density at radius 2 is 1.90 bits per heavy atom. The number of likely N-dealkylation sites (tertiary alicyclic amines) is 1. The van der Waals surface area contributed by atoms with E-state index in [0.717, 1.165) is 41.5 Å². The average molecular weight is 353 g/mol. The van der Waals surface area contributed by atoms with Gasteiger partial charge in [-0.15, -0.1) is 0 Å². The van der Waals surface area contributed by atoms with Crippen molar-refractivity contribution in [3.63, 3.8) is 0 Å². The fourth-order valence-corrected chi connectivity index (χ4v) is 3.20. The maximum Gasteiger partial charge on any atom is 0.252 e. The first-order chi connectivity index (χ1) is 9.77. The van der Waals surface area contributed by atoms with E-state index in [9.17, 15) is 4.79 Å². The van der Waals surface area contributed by atoms with Crippen molar-refractivity contribution in [2.75, 3.05) is 13.1 Å². The number of amides is 1. The molecule has 1 N–H and O–H groups in total. The molecule has 1 aliphatic rings. The first kappa shape index (κ1) is 16.5. The van der Waals surface area contributed by atoms with Gasteiger partial charge in [0, 0.05) is 29.1 Å². The van der Waals surface area contributed by atoms with Gasteiger partial charge in [0.1, 0.15) is 0 Å². The van der Waals surface area contributed by atoms with E-state index in [-0.39, 0.29) is 17.5 Å². The number of nitrogens with one attached hydrogen (secondary N) is 1. The fraction of sp³-hybridized carbons (Fsp3) is 0.588. The number of rotatable bonds is 2. The van der Waals surface area contributed by atoms with Crippen LogP contribution in [0.1, 0.15) is 49.5 Å². The minimum absolute atomic E-state index is 0.0276. The molecule has 4 heteroatoms. The summed E-state index contributed by atoms with van der Waals surface area (Å²) < 4.78 is 0.859. The minimum atomic E-state index is 0.0276. The summed E-state index contributed by atoms with van der Waals surface area (Å²) in [5, 5.41) is 3.18. The molecule has 3 nitrogen and oxygen atoms in total. The Labute approximate surface area is 136 Å². The van der Waals surface area contributed by atoms with E-state index in [2.05, 4.69) is 46.9 Å². The lowest BCUT2D eigenvalue weighted by Gasteiger charge is -2.41. The summed E-state index contributed by atoms with van der Waals surface area (Å²) in [5.41, 5.74) is 2.05. The van der Waals surface area contributed by atoms with Crippen LogP contribution in [0.5, 0.6) is 0 Å². The minimum Gasteiger partial charge on any atom is -0.349 e. The normalized spacial score (nSPS) is 17.8. The number of aryl methyl sites for hydroxylation is 1. The number of halogens is 1. The zero-order valence-corrected chi connectivity index (χ0v) is 15.0. The highest BCUT2D eigenvalue weighted by Gasteiger charge is 2.27. The molecule has 21 heavy (non-hydrogen) atoms. The third kappa shape index (κ3) is 4.30. The molecule has 1 heterocycles. The number of nitrogens with zero attached hydrogens (tertiary/aromatic N) is 1. The van der Waals surface area contributed by atoms with Crippen molar-refractivity contribution < 1.29 is 4.79 Å². The van der Waals surface area contributed by atoms with Gasteiger partial charge in [-0.1, -0.05) is 11.6 Å². The van der Waals surface area contributed by atoms with Gasteiger partial charge in [0.05, 0.1) is 5.56 Å². The second-order valence-electron chi connectivity index (χ2n) is 6.89. The Hall–Kier alpha value is -0.870. The summed E-state index contributed by atoms with van der Waals surface area (Å²) in [6, 6.07) is 6.15. The number of hydrogen-bond acceptors (Lipinski definition) is 2. The molecule has 0 aromatic heterocycles. The average Bonchev–Trinajstić information content (AvgIpc) is 2.41. The van der Waals surface area contributed by atoms with Crippen LogP contribution in [-0.2, 0) is 0 Å². The third-order valence-corrected chi connectivity index (χ3v) is 4.84. The molecule has 1 aromatic carbocycles. The highest BCUT2D eigenvalue weighted by Crippen LogP contribution is 2.22. The molecule has 116 valence electrons. The van der Waals surface area contributed by atoms with E-state index in [4.69, 9.17) is 0 Å². The van der Waals surface area contributed by atoms with Gasteiger partial charge in [0.2, 0.25) is 0 Å². The molecule has 1 aliphatic heterocycles. The molecule has 1 saturated heterocycles. The van der Waals surface area contributed by atoms with Gasteiger partial charge in [0.25, 0.3) is 5.91 Å². The van der Waals surface area contributed by atoms with E-state index in [0.29, 0.717) is 0 Å². The molecule has 0 unspecified atom stereocenters.